The summed E-state index contributed by atoms with van der Waals surface area (Å²) in [4.78, 5) is 15.3. The molecule has 0 aromatic carbocycles. The molecule has 0 unspecified atom stereocenters. The second-order valence-corrected chi connectivity index (χ2v) is 7.07. The number of aromatic nitrogens is 1. The van der Waals surface area contributed by atoms with Crippen LogP contribution < -0.4 is 4.57 Å². The maximum absolute atomic E-state index is 12.0. The molecule has 22 heavy (non-hydrogen) atoms. The molecule has 0 bridgehead atoms. The molecule has 0 saturated carbocycles. The number of nitrogens with zero attached hydrogens (tertiary/aromatic N) is 2. The lowest BCUT2D eigenvalue weighted by Crippen LogP contribution is -2.46. The molecule has 1 aliphatic rings. The minimum absolute atomic E-state index is 0.268. The Labute approximate surface area is 140 Å². The summed E-state index contributed by atoms with van der Waals surface area (Å²) in [5.41, 5.74) is 0. The maximum atomic E-state index is 12.0. The number of hydrogen-bond acceptors (Lipinski definition) is 3. The number of ketones is 1. The Balaban J connectivity index is 1.45. The third-order valence-corrected chi connectivity index (χ3v) is 5.40. The lowest BCUT2D eigenvalue weighted by molar-refractivity contribution is -0.725. The van der Waals surface area contributed by atoms with E-state index >= 15 is 0 Å². The van der Waals surface area contributed by atoms with Crippen LogP contribution in [0.2, 0.25) is 5.02 Å². The topological polar surface area (TPSA) is 24.2 Å². The highest BCUT2D eigenvalue weighted by molar-refractivity contribution is 7.12. The summed E-state index contributed by atoms with van der Waals surface area (Å²) >= 11 is 7.47. The number of hydrogen-bond donors (Lipinski definition) is 0. The van der Waals surface area contributed by atoms with E-state index in [9.17, 15) is 4.79 Å². The molecule has 0 radical (unpaired) electrons. The fraction of sp³-hybridized carbons (Fsp3) is 0.412. The Morgan fingerprint density at radius 3 is 2.64 bits per heavy atom. The Hall–Kier alpha value is -1.23. The van der Waals surface area contributed by atoms with Crippen molar-refractivity contribution < 1.29 is 9.36 Å². The first-order chi connectivity index (χ1) is 10.7. The zero-order valence-electron chi connectivity index (χ0n) is 12.5. The minimum atomic E-state index is 0.268. The van der Waals surface area contributed by atoms with Crippen LogP contribution >= 0.6 is 22.9 Å². The standard InChI is InChI=1S/C17H20ClN2OS/c18-14-3-11-20(12-4-14)15-5-8-19(9-6-15)10-7-16(21)17-2-1-13-22-17/h1-4,11-13,15H,5-10H2/q+1. The van der Waals surface area contributed by atoms with Gasteiger partial charge in [0.05, 0.1) is 9.90 Å². The number of rotatable bonds is 5. The van der Waals surface area contributed by atoms with Crippen LogP contribution in [0, 0.1) is 0 Å². The number of likely N-dealkylation sites (tertiary alicyclic amines) is 1. The van der Waals surface area contributed by atoms with Crippen molar-refractivity contribution in [2.24, 2.45) is 0 Å². The van der Waals surface area contributed by atoms with Crippen molar-refractivity contribution in [2.45, 2.75) is 25.3 Å². The second-order valence-electron chi connectivity index (χ2n) is 5.69. The first-order valence-electron chi connectivity index (χ1n) is 7.68. The molecule has 3 rings (SSSR count). The van der Waals surface area contributed by atoms with Gasteiger partial charge in [0.15, 0.2) is 24.2 Å². The predicted octanol–water partition coefficient (Wildman–Crippen LogP) is 3.60. The number of halogens is 1. The number of piperidine rings is 1. The van der Waals surface area contributed by atoms with Crippen molar-refractivity contribution in [3.8, 4) is 0 Å². The first-order valence-corrected chi connectivity index (χ1v) is 8.93. The van der Waals surface area contributed by atoms with Gasteiger partial charge in [-0.05, 0) is 11.4 Å². The van der Waals surface area contributed by atoms with E-state index in [4.69, 9.17) is 11.6 Å². The smallest absolute Gasteiger partial charge is 0.174 e. The fourth-order valence-electron chi connectivity index (χ4n) is 2.92. The van der Waals surface area contributed by atoms with Crippen LogP contribution in [0.1, 0.15) is 35.0 Å². The van der Waals surface area contributed by atoms with Gasteiger partial charge in [-0.2, -0.15) is 0 Å². The van der Waals surface area contributed by atoms with E-state index in [1.54, 1.807) is 0 Å². The highest BCUT2D eigenvalue weighted by atomic mass is 35.5. The van der Waals surface area contributed by atoms with Crippen molar-refractivity contribution in [1.29, 1.82) is 0 Å². The summed E-state index contributed by atoms with van der Waals surface area (Å²) in [6, 6.07) is 8.27. The summed E-state index contributed by atoms with van der Waals surface area (Å²) in [5, 5.41) is 2.74. The quantitative estimate of drug-likeness (QED) is 0.616. The van der Waals surface area contributed by atoms with E-state index in [1.165, 1.54) is 11.3 Å². The average molecular weight is 336 g/mol. The van der Waals surface area contributed by atoms with Gasteiger partial charge in [-0.15, -0.1) is 11.3 Å². The predicted molar refractivity (Wildman–Crippen MR) is 89.6 cm³/mol. The lowest BCUT2D eigenvalue weighted by atomic mass is 10.0. The molecule has 0 aliphatic carbocycles. The Kier molecular flexibility index (Phi) is 5.24. The molecule has 0 N–H and O–H groups in total. The summed E-state index contributed by atoms with van der Waals surface area (Å²) < 4.78 is 2.25. The zero-order valence-corrected chi connectivity index (χ0v) is 14.0. The highest BCUT2D eigenvalue weighted by Crippen LogP contribution is 2.18. The number of carbonyl (C=O) groups excluding carboxylic acids is 1. The molecular formula is C17H20ClN2OS+. The molecule has 2 aromatic rings. The zero-order chi connectivity index (χ0) is 15.4. The molecule has 1 aliphatic heterocycles. The van der Waals surface area contributed by atoms with Crippen molar-refractivity contribution in [2.75, 3.05) is 19.6 Å². The Morgan fingerprint density at radius 2 is 2.00 bits per heavy atom. The molecule has 3 heterocycles. The van der Waals surface area contributed by atoms with Gasteiger partial charge in [0, 0.05) is 51.0 Å². The number of thiophene rings is 1. The summed E-state index contributed by atoms with van der Waals surface area (Å²) in [6.07, 6.45) is 6.99. The van der Waals surface area contributed by atoms with Gasteiger partial charge in [0.1, 0.15) is 0 Å². The van der Waals surface area contributed by atoms with Crippen LogP contribution in [0.15, 0.2) is 42.0 Å². The molecule has 2 aromatic heterocycles. The third kappa shape index (κ3) is 3.94. The SMILES string of the molecule is O=C(CCN1CCC([n+]2ccc(Cl)cc2)CC1)c1cccs1. The van der Waals surface area contributed by atoms with Crippen LogP contribution in [0.5, 0.6) is 0 Å². The molecule has 0 amide bonds. The molecule has 1 fully saturated rings. The van der Waals surface area contributed by atoms with Crippen molar-refractivity contribution in [1.82, 2.24) is 4.90 Å². The van der Waals surface area contributed by atoms with Gasteiger partial charge in [-0.25, -0.2) is 4.57 Å². The van der Waals surface area contributed by atoms with Gasteiger partial charge in [0.25, 0.3) is 0 Å². The van der Waals surface area contributed by atoms with Crippen LogP contribution in [0.25, 0.3) is 0 Å². The van der Waals surface area contributed by atoms with Crippen molar-refractivity contribution in [3.05, 3.63) is 51.9 Å². The van der Waals surface area contributed by atoms with Crippen molar-refractivity contribution >= 4 is 28.7 Å². The molecule has 3 nitrogen and oxygen atoms in total. The molecule has 0 spiro atoms. The van der Waals surface area contributed by atoms with E-state index in [0.717, 1.165) is 42.4 Å². The first kappa shape index (κ1) is 15.7. The van der Waals surface area contributed by atoms with Crippen LogP contribution in [-0.4, -0.2) is 30.3 Å². The normalized spacial score (nSPS) is 16.8. The van der Waals surface area contributed by atoms with Gasteiger partial charge in [0.2, 0.25) is 0 Å². The average Bonchev–Trinajstić information content (AvgIpc) is 3.08. The van der Waals surface area contributed by atoms with Gasteiger partial charge in [-0.1, -0.05) is 17.7 Å². The molecule has 116 valence electrons. The van der Waals surface area contributed by atoms with E-state index in [0.29, 0.717) is 12.5 Å². The van der Waals surface area contributed by atoms with Crippen molar-refractivity contribution in [3.63, 3.8) is 0 Å². The monoisotopic (exact) mass is 335 g/mol. The summed E-state index contributed by atoms with van der Waals surface area (Å²) in [5.74, 6) is 0.268. The van der Waals surface area contributed by atoms with E-state index < -0.39 is 0 Å². The van der Waals surface area contributed by atoms with Gasteiger partial charge < -0.3 is 4.90 Å². The fourth-order valence-corrected chi connectivity index (χ4v) is 3.73. The Morgan fingerprint density at radius 1 is 1.27 bits per heavy atom. The third-order valence-electron chi connectivity index (χ3n) is 4.24. The highest BCUT2D eigenvalue weighted by Gasteiger charge is 2.25. The summed E-state index contributed by atoms with van der Waals surface area (Å²) in [7, 11) is 0. The van der Waals surface area contributed by atoms with Gasteiger partial charge in [-0.3, -0.25) is 4.79 Å². The Bertz CT molecular complexity index is 604. The number of Topliss-reactive ketones (excluding diaryl/α,β-unsaturated/α-hetero) is 1. The molecule has 0 atom stereocenters. The van der Waals surface area contributed by atoms with Crippen LogP contribution in [0.3, 0.4) is 0 Å². The molecule has 1 saturated heterocycles. The largest absolute Gasteiger partial charge is 0.302 e. The minimum Gasteiger partial charge on any atom is -0.302 e. The molecule has 5 heteroatoms. The maximum Gasteiger partial charge on any atom is 0.174 e. The number of carbonyl (C=O) groups is 1. The lowest BCUT2D eigenvalue weighted by Gasteiger charge is -2.29. The van der Waals surface area contributed by atoms with Crippen LogP contribution in [0.4, 0.5) is 0 Å². The second kappa shape index (κ2) is 7.36. The number of pyridine rings is 1. The van der Waals surface area contributed by atoms with Crippen LogP contribution in [-0.2, 0) is 0 Å². The summed E-state index contributed by atoms with van der Waals surface area (Å²) in [6.45, 7) is 2.98. The van der Waals surface area contributed by atoms with Gasteiger partial charge >= 0.3 is 0 Å². The van der Waals surface area contributed by atoms with E-state index in [1.807, 2.05) is 29.6 Å². The van der Waals surface area contributed by atoms with E-state index in [-0.39, 0.29) is 5.78 Å². The van der Waals surface area contributed by atoms with E-state index in [2.05, 4.69) is 21.9 Å². The molecular weight excluding hydrogens is 316 g/mol.